The van der Waals surface area contributed by atoms with Crippen LogP contribution in [0.2, 0.25) is 0 Å². The van der Waals surface area contributed by atoms with Gasteiger partial charge < -0.3 is 10.2 Å². The van der Waals surface area contributed by atoms with Crippen LogP contribution in [-0.4, -0.2) is 21.4 Å². The van der Waals surface area contributed by atoms with Crippen LogP contribution in [0.1, 0.15) is 111 Å². The number of halogens is 5. The predicted octanol–water partition coefficient (Wildman–Crippen LogP) is 7.51. The van der Waals surface area contributed by atoms with Crippen molar-refractivity contribution >= 4 is 5.57 Å². The third-order valence-electron chi connectivity index (χ3n) is 7.23. The van der Waals surface area contributed by atoms with Gasteiger partial charge in [0.15, 0.2) is 0 Å². The number of fused-ring (bicyclic) bond motifs is 1. The van der Waals surface area contributed by atoms with E-state index in [1.54, 1.807) is 0 Å². The lowest BCUT2D eigenvalue weighted by Gasteiger charge is -2.37. The fourth-order valence-corrected chi connectivity index (χ4v) is 5.49. The van der Waals surface area contributed by atoms with Gasteiger partial charge in [-0.2, -0.15) is 22.0 Å². The van der Waals surface area contributed by atoms with Crippen molar-refractivity contribution in [3.05, 3.63) is 69.5 Å². The van der Waals surface area contributed by atoms with E-state index in [-0.39, 0.29) is 16.9 Å². The highest BCUT2D eigenvalue weighted by Crippen LogP contribution is 2.49. The summed E-state index contributed by atoms with van der Waals surface area (Å²) in [4.78, 5) is 4.91. The first-order valence-electron chi connectivity index (χ1n) is 12.3. The molecule has 2 aromatic rings. The van der Waals surface area contributed by atoms with Crippen molar-refractivity contribution in [2.45, 2.75) is 90.0 Å². The molecular weight excluding hydrogens is 477 g/mol. The van der Waals surface area contributed by atoms with Crippen LogP contribution in [0.25, 0.3) is 5.57 Å². The van der Waals surface area contributed by atoms with E-state index >= 15 is 0 Å². The molecule has 0 saturated carbocycles. The second-order valence-electron chi connectivity index (χ2n) is 11.1. The molecule has 2 aliphatic rings. The lowest BCUT2D eigenvalue weighted by Crippen LogP contribution is -2.33. The normalized spacial score (nSPS) is 20.9. The Hall–Kier alpha value is -2.32. The number of rotatable bonds is 5. The lowest BCUT2D eigenvalue weighted by molar-refractivity contribution is -0.289. The molecule has 0 radical (unpaired) electrons. The third-order valence-corrected chi connectivity index (χ3v) is 7.23. The summed E-state index contributed by atoms with van der Waals surface area (Å²) in [5.74, 6) is -5.10. The van der Waals surface area contributed by atoms with Crippen LogP contribution in [0.4, 0.5) is 22.0 Å². The number of aromatic nitrogens is 1. The summed E-state index contributed by atoms with van der Waals surface area (Å²) in [5.41, 5.74) is 3.22. The van der Waals surface area contributed by atoms with Crippen molar-refractivity contribution in [3.8, 4) is 0 Å². The largest absolute Gasteiger partial charge is 0.458 e. The summed E-state index contributed by atoms with van der Waals surface area (Å²) >= 11 is 0. The van der Waals surface area contributed by atoms with Crippen LogP contribution in [-0.2, 0) is 12.3 Å². The SMILES string of the molecule is CC(C)c1nc2c(c(C3=CCCC3)c1C(O)c1ccc(C(F)(F)C(F)(F)F)cc1)C(O)CC(C)(C)C2. The Morgan fingerprint density at radius 2 is 1.69 bits per heavy atom. The van der Waals surface area contributed by atoms with Crippen molar-refractivity contribution in [2.75, 3.05) is 0 Å². The second-order valence-corrected chi connectivity index (χ2v) is 11.1. The molecule has 0 fully saturated rings. The molecular formula is C28H32F5NO2. The van der Waals surface area contributed by atoms with Crippen molar-refractivity contribution in [1.82, 2.24) is 4.98 Å². The number of alkyl halides is 5. The Kier molecular flexibility index (Phi) is 6.84. The van der Waals surface area contributed by atoms with E-state index in [1.165, 1.54) is 0 Å². The monoisotopic (exact) mass is 509 g/mol. The van der Waals surface area contributed by atoms with Gasteiger partial charge in [0, 0.05) is 28.1 Å². The highest BCUT2D eigenvalue weighted by molar-refractivity contribution is 5.75. The quantitative estimate of drug-likeness (QED) is 0.410. The average Bonchev–Trinajstić information content (AvgIpc) is 3.30. The number of nitrogens with zero attached hydrogens (tertiary/aromatic N) is 1. The zero-order chi connectivity index (χ0) is 26.6. The fourth-order valence-electron chi connectivity index (χ4n) is 5.49. The van der Waals surface area contributed by atoms with E-state index in [9.17, 15) is 32.2 Å². The summed E-state index contributed by atoms with van der Waals surface area (Å²) in [5, 5.41) is 22.8. The van der Waals surface area contributed by atoms with Gasteiger partial charge in [-0.25, -0.2) is 0 Å². The van der Waals surface area contributed by atoms with Crippen molar-refractivity contribution < 1.29 is 32.2 Å². The number of pyridine rings is 1. The van der Waals surface area contributed by atoms with E-state index < -0.39 is 29.9 Å². The molecule has 36 heavy (non-hydrogen) atoms. The summed E-state index contributed by atoms with van der Waals surface area (Å²) < 4.78 is 66.1. The number of aliphatic hydroxyl groups is 2. The Labute approximate surface area is 208 Å². The van der Waals surface area contributed by atoms with Crippen LogP contribution < -0.4 is 0 Å². The molecule has 2 aliphatic carbocycles. The summed E-state index contributed by atoms with van der Waals surface area (Å²) in [7, 11) is 0. The van der Waals surface area contributed by atoms with E-state index in [4.69, 9.17) is 4.98 Å². The molecule has 1 heterocycles. The smallest absolute Gasteiger partial charge is 0.388 e. The lowest BCUT2D eigenvalue weighted by atomic mass is 9.71. The van der Waals surface area contributed by atoms with Gasteiger partial charge in [-0.15, -0.1) is 0 Å². The van der Waals surface area contributed by atoms with Gasteiger partial charge >= 0.3 is 12.1 Å². The van der Waals surface area contributed by atoms with Gasteiger partial charge in [0.05, 0.1) is 6.10 Å². The molecule has 0 saturated heterocycles. The van der Waals surface area contributed by atoms with Crippen molar-refractivity contribution in [3.63, 3.8) is 0 Å². The molecule has 0 spiro atoms. The summed E-state index contributed by atoms with van der Waals surface area (Å²) in [6, 6.07) is 3.63. The minimum atomic E-state index is -5.72. The van der Waals surface area contributed by atoms with E-state index in [0.29, 0.717) is 41.8 Å². The van der Waals surface area contributed by atoms with Gasteiger partial charge in [-0.1, -0.05) is 58.0 Å². The molecule has 1 aromatic carbocycles. The molecule has 4 rings (SSSR count). The second kappa shape index (κ2) is 9.21. The van der Waals surface area contributed by atoms with Gasteiger partial charge in [0.2, 0.25) is 0 Å². The first kappa shape index (κ1) is 26.7. The first-order valence-corrected chi connectivity index (χ1v) is 12.3. The maximum atomic E-state index is 13.8. The maximum absolute atomic E-state index is 13.8. The van der Waals surface area contributed by atoms with E-state index in [0.717, 1.165) is 48.2 Å². The molecule has 3 nitrogen and oxygen atoms in total. The van der Waals surface area contributed by atoms with Gasteiger partial charge in [-0.3, -0.25) is 4.98 Å². The molecule has 0 amide bonds. The molecule has 2 atom stereocenters. The zero-order valence-corrected chi connectivity index (χ0v) is 20.9. The Morgan fingerprint density at radius 3 is 2.22 bits per heavy atom. The zero-order valence-electron chi connectivity index (χ0n) is 20.9. The fraction of sp³-hybridized carbons (Fsp3) is 0.536. The molecule has 0 bridgehead atoms. The Balaban J connectivity index is 1.90. The number of hydrogen-bond acceptors (Lipinski definition) is 3. The summed E-state index contributed by atoms with van der Waals surface area (Å²) in [6.07, 6.45) is -1.97. The summed E-state index contributed by atoms with van der Waals surface area (Å²) in [6.45, 7) is 8.03. The highest BCUT2D eigenvalue weighted by Gasteiger charge is 2.58. The molecule has 0 aliphatic heterocycles. The molecule has 1 aromatic heterocycles. The minimum absolute atomic E-state index is 0.100. The number of hydrogen-bond donors (Lipinski definition) is 2. The number of benzene rings is 1. The van der Waals surface area contributed by atoms with Crippen molar-refractivity contribution in [2.24, 2.45) is 5.41 Å². The topological polar surface area (TPSA) is 53.4 Å². The van der Waals surface area contributed by atoms with Crippen LogP contribution in [0, 0.1) is 5.41 Å². The van der Waals surface area contributed by atoms with Crippen LogP contribution >= 0.6 is 0 Å². The predicted molar refractivity (Wildman–Crippen MR) is 128 cm³/mol. The van der Waals surface area contributed by atoms with Crippen LogP contribution in [0.15, 0.2) is 30.3 Å². The highest BCUT2D eigenvalue weighted by atomic mass is 19.4. The first-order chi connectivity index (χ1) is 16.6. The standard InChI is InChI=1S/C28H32F5NO2/c1-15(2)24-23(25(36)17-9-11-18(12-10-17)27(29,30)28(31,32)33)21(16-7-5-6-8-16)22-19(34-24)13-26(3,4)14-20(22)35/h7,9-12,15,20,25,35-36H,5-6,8,13-14H2,1-4H3. The minimum Gasteiger partial charge on any atom is -0.388 e. The third kappa shape index (κ3) is 4.70. The van der Waals surface area contributed by atoms with Gasteiger partial charge in [-0.05, 0) is 60.1 Å². The Bertz CT molecular complexity index is 1170. The maximum Gasteiger partial charge on any atom is 0.458 e. The van der Waals surface area contributed by atoms with E-state index in [2.05, 4.69) is 19.9 Å². The molecule has 2 N–H and O–H groups in total. The van der Waals surface area contributed by atoms with Gasteiger partial charge in [0.1, 0.15) is 6.10 Å². The van der Waals surface area contributed by atoms with E-state index in [1.807, 2.05) is 13.8 Å². The average molecular weight is 510 g/mol. The Morgan fingerprint density at radius 1 is 1.06 bits per heavy atom. The molecule has 2 unspecified atom stereocenters. The number of aliphatic hydroxyl groups excluding tert-OH is 2. The van der Waals surface area contributed by atoms with Crippen LogP contribution in [0.5, 0.6) is 0 Å². The molecule has 8 heteroatoms. The molecule has 196 valence electrons. The number of allylic oxidation sites excluding steroid dienone is 2. The van der Waals surface area contributed by atoms with Crippen LogP contribution in [0.3, 0.4) is 0 Å². The van der Waals surface area contributed by atoms with Gasteiger partial charge in [0.25, 0.3) is 0 Å². The van der Waals surface area contributed by atoms with Crippen molar-refractivity contribution in [1.29, 1.82) is 0 Å².